The lowest BCUT2D eigenvalue weighted by atomic mass is 10.0. The van der Waals surface area contributed by atoms with Gasteiger partial charge in [0.2, 0.25) is 0 Å². The Bertz CT molecular complexity index is 582. The first-order chi connectivity index (χ1) is 9.93. The van der Waals surface area contributed by atoms with E-state index in [2.05, 4.69) is 5.32 Å². The standard InChI is InChI=1S/C14H14F3NO3/c1-20-11-6-2-5-10(12(11)19)13(14(15,16)17)18-8-9-4-3-7-21-9/h2-7,13,18-19H,8H2,1H3. The second-order valence-electron chi connectivity index (χ2n) is 4.33. The zero-order valence-electron chi connectivity index (χ0n) is 11.1. The molecule has 0 amide bonds. The molecule has 2 rings (SSSR count). The number of benzene rings is 1. The highest BCUT2D eigenvalue weighted by atomic mass is 19.4. The number of methoxy groups -OCH3 is 1. The molecule has 4 nitrogen and oxygen atoms in total. The van der Waals surface area contributed by atoms with Crippen molar-refractivity contribution in [2.24, 2.45) is 0 Å². The molecule has 1 heterocycles. The summed E-state index contributed by atoms with van der Waals surface area (Å²) in [4.78, 5) is 0. The molecule has 0 saturated heterocycles. The molecule has 2 N–H and O–H groups in total. The maximum absolute atomic E-state index is 13.2. The predicted octanol–water partition coefficient (Wildman–Crippen LogP) is 3.39. The van der Waals surface area contributed by atoms with Gasteiger partial charge in [-0.25, -0.2) is 0 Å². The summed E-state index contributed by atoms with van der Waals surface area (Å²) in [6, 6.07) is 5.09. The second kappa shape index (κ2) is 6.09. The largest absolute Gasteiger partial charge is 0.504 e. The normalized spacial score (nSPS) is 13.1. The summed E-state index contributed by atoms with van der Waals surface area (Å²) >= 11 is 0. The molecule has 0 fully saturated rings. The number of phenolic OH excluding ortho intramolecular Hbond substituents is 1. The molecule has 114 valence electrons. The zero-order valence-corrected chi connectivity index (χ0v) is 11.1. The fraction of sp³-hybridized carbons (Fsp3) is 0.286. The molecule has 0 aliphatic carbocycles. The topological polar surface area (TPSA) is 54.6 Å². The Balaban J connectivity index is 2.28. The van der Waals surface area contributed by atoms with Gasteiger partial charge in [0, 0.05) is 5.56 Å². The third kappa shape index (κ3) is 3.49. The van der Waals surface area contributed by atoms with Gasteiger partial charge in [-0.05, 0) is 18.2 Å². The lowest BCUT2D eigenvalue weighted by Gasteiger charge is -2.23. The van der Waals surface area contributed by atoms with Crippen LogP contribution < -0.4 is 10.1 Å². The van der Waals surface area contributed by atoms with E-state index in [0.717, 1.165) is 0 Å². The molecule has 0 spiro atoms. The van der Waals surface area contributed by atoms with E-state index in [9.17, 15) is 18.3 Å². The molecule has 1 atom stereocenters. The van der Waals surface area contributed by atoms with Crippen LogP contribution in [0.1, 0.15) is 17.4 Å². The van der Waals surface area contributed by atoms with E-state index in [1.54, 1.807) is 12.1 Å². The number of nitrogens with one attached hydrogen (secondary N) is 1. The van der Waals surface area contributed by atoms with Crippen molar-refractivity contribution in [3.8, 4) is 11.5 Å². The number of rotatable bonds is 5. The Labute approximate surface area is 119 Å². The van der Waals surface area contributed by atoms with Crippen LogP contribution in [0.2, 0.25) is 0 Å². The maximum atomic E-state index is 13.2. The summed E-state index contributed by atoms with van der Waals surface area (Å²) < 4.78 is 49.4. The zero-order chi connectivity index (χ0) is 15.5. The van der Waals surface area contributed by atoms with E-state index < -0.39 is 18.0 Å². The smallest absolute Gasteiger partial charge is 0.408 e. The minimum absolute atomic E-state index is 0.0125. The van der Waals surface area contributed by atoms with Crippen molar-refractivity contribution in [2.75, 3.05) is 7.11 Å². The van der Waals surface area contributed by atoms with Crippen molar-refractivity contribution in [1.29, 1.82) is 0 Å². The first-order valence-electron chi connectivity index (χ1n) is 6.12. The van der Waals surface area contributed by atoms with Gasteiger partial charge in [0.1, 0.15) is 11.8 Å². The van der Waals surface area contributed by atoms with Gasteiger partial charge in [0.25, 0.3) is 0 Å². The number of ether oxygens (including phenoxy) is 1. The van der Waals surface area contributed by atoms with Crippen LogP contribution in [0.5, 0.6) is 11.5 Å². The van der Waals surface area contributed by atoms with Gasteiger partial charge in [-0.1, -0.05) is 12.1 Å². The van der Waals surface area contributed by atoms with Gasteiger partial charge in [-0.3, -0.25) is 5.32 Å². The minimum atomic E-state index is -4.57. The van der Waals surface area contributed by atoms with E-state index in [4.69, 9.17) is 9.15 Å². The highest BCUT2D eigenvalue weighted by Gasteiger charge is 2.42. The van der Waals surface area contributed by atoms with Crippen LogP contribution in [0, 0.1) is 0 Å². The van der Waals surface area contributed by atoms with Gasteiger partial charge in [0.15, 0.2) is 11.5 Å². The van der Waals surface area contributed by atoms with Crippen LogP contribution >= 0.6 is 0 Å². The third-order valence-corrected chi connectivity index (χ3v) is 2.95. The summed E-state index contributed by atoms with van der Waals surface area (Å²) in [5.41, 5.74) is -0.298. The number of alkyl halides is 3. The predicted molar refractivity (Wildman–Crippen MR) is 69.0 cm³/mol. The monoisotopic (exact) mass is 301 g/mol. The molecule has 0 radical (unpaired) electrons. The van der Waals surface area contributed by atoms with Crippen LogP contribution in [0.3, 0.4) is 0 Å². The highest BCUT2D eigenvalue weighted by Crippen LogP contribution is 2.40. The van der Waals surface area contributed by atoms with Gasteiger partial charge in [0.05, 0.1) is 19.9 Å². The van der Waals surface area contributed by atoms with Crippen molar-refractivity contribution < 1.29 is 27.4 Å². The highest BCUT2D eigenvalue weighted by molar-refractivity contribution is 5.47. The van der Waals surface area contributed by atoms with Crippen molar-refractivity contribution in [1.82, 2.24) is 5.32 Å². The van der Waals surface area contributed by atoms with E-state index in [0.29, 0.717) is 5.76 Å². The Kier molecular flexibility index (Phi) is 4.42. The average Bonchev–Trinajstić information content (AvgIpc) is 2.92. The van der Waals surface area contributed by atoms with Gasteiger partial charge < -0.3 is 14.3 Å². The molecule has 1 aromatic carbocycles. The Morgan fingerprint density at radius 2 is 2.05 bits per heavy atom. The molecular formula is C14H14F3NO3. The van der Waals surface area contributed by atoms with Crippen molar-refractivity contribution in [3.63, 3.8) is 0 Å². The van der Waals surface area contributed by atoms with E-state index in [-0.39, 0.29) is 17.9 Å². The first-order valence-corrected chi connectivity index (χ1v) is 6.12. The lowest BCUT2D eigenvalue weighted by molar-refractivity contribution is -0.158. The fourth-order valence-electron chi connectivity index (χ4n) is 1.95. The van der Waals surface area contributed by atoms with Gasteiger partial charge in [-0.2, -0.15) is 13.2 Å². The molecule has 7 heteroatoms. The van der Waals surface area contributed by atoms with Gasteiger partial charge in [-0.15, -0.1) is 0 Å². The third-order valence-electron chi connectivity index (χ3n) is 2.95. The number of hydrogen-bond donors (Lipinski definition) is 2. The number of halogens is 3. The molecule has 0 saturated carbocycles. The number of hydrogen-bond acceptors (Lipinski definition) is 4. The van der Waals surface area contributed by atoms with E-state index in [1.807, 2.05) is 0 Å². The van der Waals surface area contributed by atoms with Crippen molar-refractivity contribution >= 4 is 0 Å². The summed E-state index contributed by atoms with van der Waals surface area (Å²) in [5.74, 6) is -0.178. The number of phenols is 1. The summed E-state index contributed by atoms with van der Waals surface area (Å²) in [5, 5.41) is 12.2. The Hall–Kier alpha value is -2.15. The number of furan rings is 1. The number of para-hydroxylation sites is 1. The molecule has 21 heavy (non-hydrogen) atoms. The molecule has 1 aromatic heterocycles. The van der Waals surface area contributed by atoms with Crippen molar-refractivity contribution in [3.05, 3.63) is 47.9 Å². The SMILES string of the molecule is COc1cccc(C(NCc2ccco2)C(F)(F)F)c1O. The quantitative estimate of drug-likeness (QED) is 0.889. The van der Waals surface area contributed by atoms with E-state index >= 15 is 0 Å². The lowest BCUT2D eigenvalue weighted by Crippen LogP contribution is -2.33. The Morgan fingerprint density at radius 1 is 1.29 bits per heavy atom. The van der Waals surface area contributed by atoms with Crippen LogP contribution in [0.25, 0.3) is 0 Å². The van der Waals surface area contributed by atoms with Gasteiger partial charge >= 0.3 is 6.18 Å². The van der Waals surface area contributed by atoms with Crippen LogP contribution in [0.4, 0.5) is 13.2 Å². The van der Waals surface area contributed by atoms with Crippen LogP contribution in [-0.4, -0.2) is 18.4 Å². The summed E-state index contributed by atoms with van der Waals surface area (Å²) in [6.07, 6.45) is -3.20. The summed E-state index contributed by atoms with van der Waals surface area (Å²) in [7, 11) is 1.28. The van der Waals surface area contributed by atoms with Crippen LogP contribution in [-0.2, 0) is 6.54 Å². The maximum Gasteiger partial charge on any atom is 0.408 e. The molecule has 0 aliphatic rings. The van der Waals surface area contributed by atoms with Crippen molar-refractivity contribution in [2.45, 2.75) is 18.8 Å². The number of aromatic hydroxyl groups is 1. The first kappa shape index (κ1) is 15.2. The molecule has 0 bridgehead atoms. The fourth-order valence-corrected chi connectivity index (χ4v) is 1.95. The van der Waals surface area contributed by atoms with Crippen LogP contribution in [0.15, 0.2) is 41.0 Å². The minimum Gasteiger partial charge on any atom is -0.504 e. The second-order valence-corrected chi connectivity index (χ2v) is 4.33. The summed E-state index contributed by atoms with van der Waals surface area (Å²) in [6.45, 7) is -0.117. The molecule has 0 aliphatic heterocycles. The molecule has 1 unspecified atom stereocenters. The molecular weight excluding hydrogens is 287 g/mol. The Morgan fingerprint density at radius 3 is 2.62 bits per heavy atom. The molecule has 2 aromatic rings. The van der Waals surface area contributed by atoms with E-state index in [1.165, 1.54) is 31.6 Å². The average molecular weight is 301 g/mol.